The SMILES string of the molecule is C[C@@H]1CN([C@@H](C)CO)C(=O)c2cc(NC(=O)Cc3cn(C)c4ccccc34)ccc2O[C@@H]1CN(C)Cc1ccc(-c2ccccc2)cc1. The van der Waals surface area contributed by atoms with E-state index in [2.05, 4.69) is 60.6 Å². The van der Waals surface area contributed by atoms with Crippen molar-refractivity contribution in [3.63, 3.8) is 0 Å². The predicted molar refractivity (Wildman–Crippen MR) is 191 cm³/mol. The molecule has 0 unspecified atom stereocenters. The summed E-state index contributed by atoms with van der Waals surface area (Å²) in [7, 11) is 4.05. The Balaban J connectivity index is 1.19. The minimum Gasteiger partial charge on any atom is -0.488 e. The highest BCUT2D eigenvalue weighted by molar-refractivity contribution is 6.00. The molecule has 0 spiro atoms. The Morgan fingerprint density at radius 3 is 2.46 bits per heavy atom. The third-order valence-electron chi connectivity index (χ3n) is 9.28. The fraction of sp³-hybridized carbons (Fsp3) is 0.300. The number of carbonyl (C=O) groups excluding carboxylic acids is 2. The first-order valence-electron chi connectivity index (χ1n) is 16.6. The molecular weight excluding hydrogens is 600 g/mol. The van der Waals surface area contributed by atoms with Crippen molar-refractivity contribution in [3.8, 4) is 16.9 Å². The number of para-hydroxylation sites is 1. The van der Waals surface area contributed by atoms with E-state index < -0.39 is 0 Å². The highest BCUT2D eigenvalue weighted by Gasteiger charge is 2.33. The number of hydrogen-bond acceptors (Lipinski definition) is 5. The molecule has 4 aromatic carbocycles. The van der Waals surface area contributed by atoms with Crippen molar-refractivity contribution in [1.82, 2.24) is 14.4 Å². The molecule has 2 heterocycles. The Bertz CT molecular complexity index is 1890. The van der Waals surface area contributed by atoms with Crippen LogP contribution in [0.4, 0.5) is 5.69 Å². The normalized spacial score (nSPS) is 17.0. The van der Waals surface area contributed by atoms with Gasteiger partial charge in [0.25, 0.3) is 5.91 Å². The van der Waals surface area contributed by atoms with Crippen LogP contribution in [0.3, 0.4) is 0 Å². The number of carbonyl (C=O) groups is 2. The van der Waals surface area contributed by atoms with Gasteiger partial charge >= 0.3 is 0 Å². The molecule has 2 N–H and O–H groups in total. The number of fused-ring (bicyclic) bond motifs is 2. The number of aliphatic hydroxyl groups is 1. The number of benzene rings is 4. The van der Waals surface area contributed by atoms with Crippen LogP contribution in [0, 0.1) is 5.92 Å². The molecule has 8 nitrogen and oxygen atoms in total. The molecule has 0 saturated carbocycles. The summed E-state index contributed by atoms with van der Waals surface area (Å²) in [5, 5.41) is 14.1. The van der Waals surface area contributed by atoms with Gasteiger partial charge in [0.15, 0.2) is 0 Å². The van der Waals surface area contributed by atoms with Gasteiger partial charge in [-0.15, -0.1) is 0 Å². The quantitative estimate of drug-likeness (QED) is 0.184. The van der Waals surface area contributed by atoms with Gasteiger partial charge in [0.2, 0.25) is 5.91 Å². The lowest BCUT2D eigenvalue weighted by atomic mass is 9.99. The van der Waals surface area contributed by atoms with Crippen LogP contribution in [-0.4, -0.2) is 70.2 Å². The van der Waals surface area contributed by atoms with Crippen LogP contribution in [0.5, 0.6) is 5.75 Å². The molecule has 0 bridgehead atoms. The maximum atomic E-state index is 13.9. The van der Waals surface area contributed by atoms with Crippen LogP contribution in [0.1, 0.15) is 35.3 Å². The lowest BCUT2D eigenvalue weighted by Crippen LogP contribution is -2.49. The molecule has 8 heteroatoms. The average Bonchev–Trinajstić information content (AvgIpc) is 3.41. The number of hydrogen-bond donors (Lipinski definition) is 2. The number of anilines is 1. The standard InChI is InChI=1S/C40H44N4O4/c1-27-22-44(28(2)26-45)40(47)35-21-33(41-39(46)20-32-24-43(4)36-13-9-8-12-34(32)36)18-19-37(35)48-38(27)25-42(3)23-29-14-16-31(17-15-29)30-10-6-5-7-11-30/h5-19,21,24,27-28,38,45H,20,22-23,25-26H2,1-4H3,(H,41,46)/t27-,28+,38-/m1/s1. The Morgan fingerprint density at radius 1 is 1.00 bits per heavy atom. The van der Waals surface area contributed by atoms with Crippen LogP contribution in [0.2, 0.25) is 0 Å². The van der Waals surface area contributed by atoms with E-state index in [4.69, 9.17) is 4.74 Å². The van der Waals surface area contributed by atoms with Crippen molar-refractivity contribution < 1.29 is 19.4 Å². The molecule has 2 amide bonds. The van der Waals surface area contributed by atoms with Crippen LogP contribution in [-0.2, 0) is 24.8 Å². The maximum Gasteiger partial charge on any atom is 0.258 e. The summed E-state index contributed by atoms with van der Waals surface area (Å²) in [4.78, 5) is 31.1. The van der Waals surface area contributed by atoms with E-state index >= 15 is 0 Å². The zero-order valence-electron chi connectivity index (χ0n) is 28.1. The molecule has 248 valence electrons. The number of nitrogens with one attached hydrogen (secondary N) is 1. The highest BCUT2D eigenvalue weighted by atomic mass is 16.5. The van der Waals surface area contributed by atoms with Gasteiger partial charge < -0.3 is 24.6 Å². The number of nitrogens with zero attached hydrogens (tertiary/aromatic N) is 3. The summed E-state index contributed by atoms with van der Waals surface area (Å²) in [6.45, 7) is 5.60. The molecule has 1 aromatic heterocycles. The third kappa shape index (κ3) is 7.30. The average molecular weight is 645 g/mol. The van der Waals surface area contributed by atoms with Crippen molar-refractivity contribution in [2.75, 3.05) is 32.1 Å². The van der Waals surface area contributed by atoms with Crippen LogP contribution in [0.15, 0.2) is 103 Å². The summed E-state index contributed by atoms with van der Waals surface area (Å²) in [5.41, 5.74) is 6.47. The maximum absolute atomic E-state index is 13.9. The van der Waals surface area contributed by atoms with Crippen molar-refractivity contribution in [2.45, 2.75) is 39.0 Å². The predicted octanol–water partition coefficient (Wildman–Crippen LogP) is 6.38. The number of amides is 2. The van der Waals surface area contributed by atoms with E-state index in [9.17, 15) is 14.7 Å². The lowest BCUT2D eigenvalue weighted by molar-refractivity contribution is -0.115. The molecule has 0 saturated heterocycles. The summed E-state index contributed by atoms with van der Waals surface area (Å²) < 4.78 is 8.63. The van der Waals surface area contributed by atoms with Crippen LogP contribution in [0.25, 0.3) is 22.0 Å². The molecule has 1 aliphatic rings. The first kappa shape index (κ1) is 33.0. The van der Waals surface area contributed by atoms with E-state index in [0.29, 0.717) is 30.1 Å². The second kappa shape index (κ2) is 14.5. The first-order valence-corrected chi connectivity index (χ1v) is 16.6. The highest BCUT2D eigenvalue weighted by Crippen LogP contribution is 2.31. The van der Waals surface area contributed by atoms with E-state index in [0.717, 1.165) is 23.0 Å². The van der Waals surface area contributed by atoms with Crippen molar-refractivity contribution in [1.29, 1.82) is 0 Å². The fourth-order valence-corrected chi connectivity index (χ4v) is 6.58. The zero-order chi connectivity index (χ0) is 33.8. The molecule has 1 aliphatic heterocycles. The number of aliphatic hydroxyl groups excluding tert-OH is 1. The molecule has 0 radical (unpaired) electrons. The number of likely N-dealkylation sites (N-methyl/N-ethyl adjacent to an activating group) is 1. The van der Waals surface area contributed by atoms with Gasteiger partial charge in [-0.2, -0.15) is 0 Å². The fourth-order valence-electron chi connectivity index (χ4n) is 6.58. The zero-order valence-corrected chi connectivity index (χ0v) is 28.1. The number of rotatable bonds is 10. The van der Waals surface area contributed by atoms with Gasteiger partial charge in [0, 0.05) is 55.4 Å². The number of aromatic nitrogens is 1. The largest absolute Gasteiger partial charge is 0.488 e. The first-order chi connectivity index (χ1) is 23.2. The minimum atomic E-state index is -0.378. The van der Waals surface area contributed by atoms with Gasteiger partial charge in [-0.05, 0) is 60.5 Å². The monoisotopic (exact) mass is 644 g/mol. The third-order valence-corrected chi connectivity index (χ3v) is 9.28. The minimum absolute atomic E-state index is 0.000851. The summed E-state index contributed by atoms with van der Waals surface area (Å²) >= 11 is 0. The van der Waals surface area contributed by atoms with Gasteiger partial charge in [-0.3, -0.25) is 14.5 Å². The van der Waals surface area contributed by atoms with Crippen LogP contribution >= 0.6 is 0 Å². The van der Waals surface area contributed by atoms with Crippen LogP contribution < -0.4 is 10.1 Å². The lowest BCUT2D eigenvalue weighted by Gasteiger charge is -2.38. The van der Waals surface area contributed by atoms with Crippen molar-refractivity contribution >= 4 is 28.4 Å². The summed E-state index contributed by atoms with van der Waals surface area (Å²) in [5.74, 6) is 0.0725. The molecule has 3 atom stereocenters. The van der Waals surface area contributed by atoms with Crippen molar-refractivity contribution in [2.24, 2.45) is 13.0 Å². The Morgan fingerprint density at radius 2 is 1.71 bits per heavy atom. The Kier molecular flexibility index (Phi) is 9.94. The molecule has 0 aliphatic carbocycles. The summed E-state index contributed by atoms with van der Waals surface area (Å²) in [6, 6.07) is 31.9. The second-order valence-corrected chi connectivity index (χ2v) is 13.1. The molecule has 48 heavy (non-hydrogen) atoms. The van der Waals surface area contributed by atoms with E-state index in [1.54, 1.807) is 23.1 Å². The van der Waals surface area contributed by atoms with Gasteiger partial charge in [0.1, 0.15) is 11.9 Å². The van der Waals surface area contributed by atoms with E-state index in [1.807, 2.05) is 67.2 Å². The topological polar surface area (TPSA) is 87.0 Å². The van der Waals surface area contributed by atoms with E-state index in [1.165, 1.54) is 16.7 Å². The van der Waals surface area contributed by atoms with Gasteiger partial charge in [0.05, 0.1) is 24.6 Å². The Labute approximate surface area is 282 Å². The summed E-state index contributed by atoms with van der Waals surface area (Å²) in [6.07, 6.45) is 1.97. The molecule has 5 aromatic rings. The second-order valence-electron chi connectivity index (χ2n) is 13.1. The molecular formula is C40H44N4O4. The number of aryl methyl sites for hydroxylation is 1. The van der Waals surface area contributed by atoms with Gasteiger partial charge in [-0.25, -0.2) is 0 Å². The van der Waals surface area contributed by atoms with E-state index in [-0.39, 0.29) is 42.9 Å². The molecule has 6 rings (SSSR count). The van der Waals surface area contributed by atoms with Crippen molar-refractivity contribution in [3.05, 3.63) is 120 Å². The van der Waals surface area contributed by atoms with Gasteiger partial charge in [-0.1, -0.05) is 79.7 Å². The Hall–Kier alpha value is -4.92. The number of ether oxygens (including phenoxy) is 1. The smallest absolute Gasteiger partial charge is 0.258 e. The molecule has 0 fully saturated rings.